The second-order valence-electron chi connectivity index (χ2n) is 4.50. The van der Waals surface area contributed by atoms with E-state index in [0.29, 0.717) is 17.8 Å². The summed E-state index contributed by atoms with van der Waals surface area (Å²) in [6.07, 6.45) is 0. The van der Waals surface area contributed by atoms with Crippen molar-refractivity contribution in [3.63, 3.8) is 0 Å². The standard InChI is InChI=1S/C14H19N3O2S/c1-4-15-13(19)10-7-5-6-8-11(10)16-14(20)17-12(18)9(2)3/h5-9H,4H2,1-3H3,(H,15,19)(H2,16,17,18,20). The Morgan fingerprint density at radius 2 is 1.90 bits per heavy atom. The summed E-state index contributed by atoms with van der Waals surface area (Å²) in [5, 5.41) is 8.36. The van der Waals surface area contributed by atoms with Gasteiger partial charge in [0.2, 0.25) is 5.91 Å². The van der Waals surface area contributed by atoms with Crippen molar-refractivity contribution in [1.29, 1.82) is 0 Å². The minimum absolute atomic E-state index is 0.159. The second-order valence-corrected chi connectivity index (χ2v) is 4.91. The molecule has 0 radical (unpaired) electrons. The summed E-state index contributed by atoms with van der Waals surface area (Å²) in [5.74, 6) is -0.514. The largest absolute Gasteiger partial charge is 0.352 e. The topological polar surface area (TPSA) is 70.2 Å². The third-order valence-corrected chi connectivity index (χ3v) is 2.72. The van der Waals surface area contributed by atoms with Crippen LogP contribution in [0, 0.1) is 5.92 Å². The molecule has 0 spiro atoms. The summed E-state index contributed by atoms with van der Waals surface area (Å²) in [6.45, 7) is 5.95. The van der Waals surface area contributed by atoms with Gasteiger partial charge in [0.15, 0.2) is 5.11 Å². The van der Waals surface area contributed by atoms with Crippen molar-refractivity contribution in [3.8, 4) is 0 Å². The minimum atomic E-state index is -0.186. The molecule has 1 rings (SSSR count). The average molecular weight is 293 g/mol. The molecule has 0 bridgehead atoms. The van der Waals surface area contributed by atoms with Crippen molar-refractivity contribution < 1.29 is 9.59 Å². The fraction of sp³-hybridized carbons (Fsp3) is 0.357. The number of anilines is 1. The molecular formula is C14H19N3O2S. The van der Waals surface area contributed by atoms with Crippen LogP contribution in [0.5, 0.6) is 0 Å². The molecule has 20 heavy (non-hydrogen) atoms. The predicted molar refractivity (Wildman–Crippen MR) is 83.7 cm³/mol. The Labute approximate surface area is 124 Å². The van der Waals surface area contributed by atoms with Gasteiger partial charge in [-0.05, 0) is 31.3 Å². The van der Waals surface area contributed by atoms with E-state index < -0.39 is 0 Å². The van der Waals surface area contributed by atoms with Crippen molar-refractivity contribution in [2.24, 2.45) is 5.92 Å². The minimum Gasteiger partial charge on any atom is -0.352 e. The van der Waals surface area contributed by atoms with Gasteiger partial charge in [0, 0.05) is 12.5 Å². The zero-order valence-corrected chi connectivity index (χ0v) is 12.6. The molecule has 1 aromatic rings. The maximum Gasteiger partial charge on any atom is 0.253 e. The highest BCUT2D eigenvalue weighted by atomic mass is 32.1. The lowest BCUT2D eigenvalue weighted by Gasteiger charge is -2.14. The highest BCUT2D eigenvalue weighted by Crippen LogP contribution is 2.14. The summed E-state index contributed by atoms with van der Waals surface area (Å²) < 4.78 is 0. The molecule has 2 amide bonds. The normalized spacial score (nSPS) is 10.0. The molecule has 5 nitrogen and oxygen atoms in total. The zero-order valence-electron chi connectivity index (χ0n) is 11.8. The first-order chi connectivity index (χ1) is 9.45. The van der Waals surface area contributed by atoms with Gasteiger partial charge >= 0.3 is 0 Å². The number of carbonyl (C=O) groups is 2. The monoisotopic (exact) mass is 293 g/mol. The number of benzene rings is 1. The molecule has 0 aromatic heterocycles. The van der Waals surface area contributed by atoms with Crippen LogP contribution in [0.15, 0.2) is 24.3 Å². The molecule has 0 saturated heterocycles. The third kappa shape index (κ3) is 4.62. The number of hydrogen-bond acceptors (Lipinski definition) is 3. The SMILES string of the molecule is CCNC(=O)c1ccccc1NC(=S)NC(=O)C(C)C. The van der Waals surface area contributed by atoms with Crippen LogP contribution in [0.1, 0.15) is 31.1 Å². The van der Waals surface area contributed by atoms with Gasteiger partial charge < -0.3 is 16.0 Å². The second kappa shape index (κ2) is 7.59. The van der Waals surface area contributed by atoms with Crippen LogP contribution < -0.4 is 16.0 Å². The van der Waals surface area contributed by atoms with Gasteiger partial charge in [0.25, 0.3) is 5.91 Å². The maximum absolute atomic E-state index is 11.9. The molecule has 0 aliphatic carbocycles. The van der Waals surface area contributed by atoms with E-state index in [9.17, 15) is 9.59 Å². The molecule has 3 N–H and O–H groups in total. The molecule has 0 aliphatic heterocycles. The molecule has 1 aromatic carbocycles. The van der Waals surface area contributed by atoms with Crippen LogP contribution >= 0.6 is 12.2 Å². The maximum atomic E-state index is 11.9. The quantitative estimate of drug-likeness (QED) is 0.742. The number of carbonyl (C=O) groups excluding carboxylic acids is 2. The lowest BCUT2D eigenvalue weighted by atomic mass is 10.1. The Hall–Kier alpha value is -1.95. The molecule has 0 aliphatic rings. The number of thiocarbonyl (C=S) groups is 1. The first-order valence-electron chi connectivity index (χ1n) is 6.44. The smallest absolute Gasteiger partial charge is 0.253 e. The van der Waals surface area contributed by atoms with Crippen molar-refractivity contribution in [3.05, 3.63) is 29.8 Å². The van der Waals surface area contributed by atoms with Crippen LogP contribution in [0.3, 0.4) is 0 Å². The van der Waals surface area contributed by atoms with Crippen LogP contribution in [-0.4, -0.2) is 23.5 Å². The van der Waals surface area contributed by atoms with E-state index in [0.717, 1.165) is 0 Å². The van der Waals surface area contributed by atoms with E-state index in [4.69, 9.17) is 12.2 Å². The third-order valence-electron chi connectivity index (χ3n) is 2.52. The average Bonchev–Trinajstić information content (AvgIpc) is 2.39. The molecule has 0 atom stereocenters. The lowest BCUT2D eigenvalue weighted by Crippen LogP contribution is -2.37. The number of hydrogen-bond donors (Lipinski definition) is 3. The molecule has 6 heteroatoms. The van der Waals surface area contributed by atoms with E-state index in [-0.39, 0.29) is 22.8 Å². The van der Waals surface area contributed by atoms with Crippen LogP contribution in [-0.2, 0) is 4.79 Å². The summed E-state index contributed by atoms with van der Waals surface area (Å²) >= 11 is 5.07. The number of nitrogens with one attached hydrogen (secondary N) is 3. The summed E-state index contributed by atoms with van der Waals surface area (Å²) in [5.41, 5.74) is 1.04. The number of para-hydroxylation sites is 1. The number of rotatable bonds is 4. The fourth-order valence-electron chi connectivity index (χ4n) is 1.46. The van der Waals surface area contributed by atoms with E-state index in [1.54, 1.807) is 38.1 Å². The van der Waals surface area contributed by atoms with Crippen LogP contribution in [0.2, 0.25) is 0 Å². The van der Waals surface area contributed by atoms with Gasteiger partial charge in [-0.2, -0.15) is 0 Å². The number of amides is 2. The molecule has 0 unspecified atom stereocenters. The van der Waals surface area contributed by atoms with Gasteiger partial charge in [-0.1, -0.05) is 26.0 Å². The fourth-order valence-corrected chi connectivity index (χ4v) is 1.67. The Morgan fingerprint density at radius 3 is 2.50 bits per heavy atom. The lowest BCUT2D eigenvalue weighted by molar-refractivity contribution is -0.122. The van der Waals surface area contributed by atoms with Crippen LogP contribution in [0.4, 0.5) is 5.69 Å². The van der Waals surface area contributed by atoms with E-state index >= 15 is 0 Å². The summed E-state index contributed by atoms with van der Waals surface area (Å²) in [6, 6.07) is 6.99. The molecule has 0 fully saturated rings. The van der Waals surface area contributed by atoms with E-state index in [1.807, 2.05) is 6.92 Å². The van der Waals surface area contributed by atoms with E-state index in [1.165, 1.54) is 0 Å². The van der Waals surface area contributed by atoms with Gasteiger partial charge in [-0.15, -0.1) is 0 Å². The van der Waals surface area contributed by atoms with Gasteiger partial charge in [0.05, 0.1) is 11.3 Å². The zero-order chi connectivity index (χ0) is 15.1. The van der Waals surface area contributed by atoms with E-state index in [2.05, 4.69) is 16.0 Å². The van der Waals surface area contributed by atoms with Gasteiger partial charge in [-0.25, -0.2) is 0 Å². The Kier molecular flexibility index (Phi) is 6.11. The highest BCUT2D eigenvalue weighted by Gasteiger charge is 2.13. The van der Waals surface area contributed by atoms with Crippen molar-refractivity contribution in [2.75, 3.05) is 11.9 Å². The Bertz CT molecular complexity index is 515. The Morgan fingerprint density at radius 1 is 1.25 bits per heavy atom. The molecular weight excluding hydrogens is 274 g/mol. The Balaban J connectivity index is 2.80. The van der Waals surface area contributed by atoms with Crippen molar-refractivity contribution in [2.45, 2.75) is 20.8 Å². The summed E-state index contributed by atoms with van der Waals surface area (Å²) in [4.78, 5) is 23.4. The molecule has 0 heterocycles. The van der Waals surface area contributed by atoms with Crippen LogP contribution in [0.25, 0.3) is 0 Å². The van der Waals surface area contributed by atoms with Crippen molar-refractivity contribution >= 4 is 34.8 Å². The summed E-state index contributed by atoms with van der Waals surface area (Å²) in [7, 11) is 0. The predicted octanol–water partition coefficient (Wildman–Crippen LogP) is 1.91. The highest BCUT2D eigenvalue weighted by molar-refractivity contribution is 7.80. The first-order valence-corrected chi connectivity index (χ1v) is 6.85. The van der Waals surface area contributed by atoms with Gasteiger partial charge in [-0.3, -0.25) is 9.59 Å². The molecule has 108 valence electrons. The van der Waals surface area contributed by atoms with Crippen molar-refractivity contribution in [1.82, 2.24) is 10.6 Å². The van der Waals surface area contributed by atoms with Gasteiger partial charge in [0.1, 0.15) is 0 Å². The molecule has 0 saturated carbocycles. The first kappa shape index (κ1) is 16.1.